The smallest absolute Gasteiger partial charge is 0.254 e. The monoisotopic (exact) mass is 268 g/mol. The van der Waals surface area contributed by atoms with E-state index in [1.54, 1.807) is 0 Å². The average Bonchev–Trinajstić information content (AvgIpc) is 2.43. The van der Waals surface area contributed by atoms with Crippen LogP contribution in [0.2, 0.25) is 0 Å². The van der Waals surface area contributed by atoms with E-state index in [1.165, 1.54) is 12.1 Å². The second-order valence-electron chi connectivity index (χ2n) is 4.84. The number of piperidine rings is 1. The molecule has 2 N–H and O–H groups in total. The lowest BCUT2D eigenvalue weighted by molar-refractivity contribution is 0.0945. The van der Waals surface area contributed by atoms with Crippen LogP contribution in [0.5, 0.6) is 0 Å². The summed E-state index contributed by atoms with van der Waals surface area (Å²) in [6.07, 6.45) is 3.08. The van der Waals surface area contributed by atoms with Crippen LogP contribution in [0, 0.1) is 17.6 Å². The van der Waals surface area contributed by atoms with Crippen LogP contribution >= 0.6 is 0 Å². The Morgan fingerprint density at radius 2 is 2.05 bits per heavy atom. The normalized spacial score (nSPS) is 16.3. The highest BCUT2D eigenvalue weighted by Crippen LogP contribution is 2.15. The van der Waals surface area contributed by atoms with Crippen molar-refractivity contribution in [3.63, 3.8) is 0 Å². The Balaban J connectivity index is 1.82. The molecule has 1 heterocycles. The number of benzene rings is 1. The van der Waals surface area contributed by atoms with Crippen molar-refractivity contribution in [1.29, 1.82) is 0 Å². The first-order valence-corrected chi connectivity index (χ1v) is 6.61. The first-order chi connectivity index (χ1) is 9.18. The summed E-state index contributed by atoms with van der Waals surface area (Å²) in [7, 11) is 0. The zero-order valence-electron chi connectivity index (χ0n) is 10.7. The largest absolute Gasteiger partial charge is 0.352 e. The number of amides is 1. The van der Waals surface area contributed by atoms with Gasteiger partial charge in [0.25, 0.3) is 5.91 Å². The molecular formula is C14H18F2N2O. The fourth-order valence-corrected chi connectivity index (χ4v) is 2.33. The van der Waals surface area contributed by atoms with Gasteiger partial charge in [0.05, 0.1) is 5.56 Å². The fraction of sp³-hybridized carbons (Fsp3) is 0.500. The van der Waals surface area contributed by atoms with Crippen LogP contribution < -0.4 is 10.6 Å². The lowest BCUT2D eigenvalue weighted by Crippen LogP contribution is -2.31. The maximum Gasteiger partial charge on any atom is 0.254 e. The van der Waals surface area contributed by atoms with E-state index in [2.05, 4.69) is 10.6 Å². The molecule has 0 saturated carbocycles. The van der Waals surface area contributed by atoms with Gasteiger partial charge in [-0.15, -0.1) is 0 Å². The third kappa shape index (κ3) is 3.73. The summed E-state index contributed by atoms with van der Waals surface area (Å²) in [6.45, 7) is 2.52. The number of halogens is 2. The van der Waals surface area contributed by atoms with Crippen LogP contribution in [0.4, 0.5) is 8.78 Å². The van der Waals surface area contributed by atoms with Crippen LogP contribution in [0.3, 0.4) is 0 Å². The number of hydrogen-bond acceptors (Lipinski definition) is 2. The summed E-state index contributed by atoms with van der Waals surface area (Å²) in [5, 5.41) is 5.92. The summed E-state index contributed by atoms with van der Waals surface area (Å²) in [4.78, 5) is 11.7. The second kappa shape index (κ2) is 6.61. The highest BCUT2D eigenvalue weighted by Gasteiger charge is 2.16. The van der Waals surface area contributed by atoms with Gasteiger partial charge in [-0.25, -0.2) is 8.78 Å². The van der Waals surface area contributed by atoms with Crippen LogP contribution in [0.1, 0.15) is 29.6 Å². The fourth-order valence-electron chi connectivity index (χ4n) is 2.33. The van der Waals surface area contributed by atoms with Crippen molar-refractivity contribution in [3.8, 4) is 0 Å². The molecule has 1 aromatic carbocycles. The molecule has 1 aromatic rings. The van der Waals surface area contributed by atoms with Crippen molar-refractivity contribution >= 4 is 5.91 Å². The van der Waals surface area contributed by atoms with Gasteiger partial charge in [-0.1, -0.05) is 6.07 Å². The molecule has 1 amide bonds. The predicted octanol–water partition coefficient (Wildman–Crippen LogP) is 2.08. The number of hydrogen-bond donors (Lipinski definition) is 2. The molecule has 1 saturated heterocycles. The van der Waals surface area contributed by atoms with Gasteiger partial charge in [0, 0.05) is 6.54 Å². The lowest BCUT2D eigenvalue weighted by atomic mass is 9.95. The zero-order valence-corrected chi connectivity index (χ0v) is 10.7. The first-order valence-electron chi connectivity index (χ1n) is 6.61. The van der Waals surface area contributed by atoms with Gasteiger partial charge in [0.15, 0.2) is 11.6 Å². The zero-order chi connectivity index (χ0) is 13.7. The molecule has 0 aromatic heterocycles. The third-order valence-electron chi connectivity index (χ3n) is 3.49. The SMILES string of the molecule is O=C(NCCC1CCNCC1)c1cccc(F)c1F. The van der Waals surface area contributed by atoms with Gasteiger partial charge >= 0.3 is 0 Å². The molecule has 0 aliphatic carbocycles. The van der Waals surface area contributed by atoms with E-state index in [1.807, 2.05) is 0 Å². The van der Waals surface area contributed by atoms with Crippen molar-refractivity contribution < 1.29 is 13.6 Å². The molecular weight excluding hydrogens is 250 g/mol. The Morgan fingerprint density at radius 3 is 2.79 bits per heavy atom. The molecule has 0 atom stereocenters. The molecule has 0 radical (unpaired) electrons. The number of rotatable bonds is 4. The van der Waals surface area contributed by atoms with Crippen molar-refractivity contribution in [1.82, 2.24) is 10.6 Å². The molecule has 5 heteroatoms. The lowest BCUT2D eigenvalue weighted by Gasteiger charge is -2.22. The van der Waals surface area contributed by atoms with E-state index in [9.17, 15) is 13.6 Å². The maximum atomic E-state index is 13.4. The molecule has 2 rings (SSSR count). The minimum atomic E-state index is -1.08. The molecule has 19 heavy (non-hydrogen) atoms. The van der Waals surface area contributed by atoms with Crippen molar-refractivity contribution in [2.24, 2.45) is 5.92 Å². The molecule has 0 spiro atoms. The van der Waals surface area contributed by atoms with Crippen molar-refractivity contribution in [3.05, 3.63) is 35.4 Å². The van der Waals surface area contributed by atoms with E-state index in [4.69, 9.17) is 0 Å². The van der Waals surface area contributed by atoms with E-state index in [0.717, 1.165) is 38.4 Å². The Morgan fingerprint density at radius 1 is 1.32 bits per heavy atom. The molecule has 104 valence electrons. The quantitative estimate of drug-likeness (QED) is 0.878. The minimum Gasteiger partial charge on any atom is -0.352 e. The van der Waals surface area contributed by atoms with E-state index in [-0.39, 0.29) is 5.56 Å². The predicted molar refractivity (Wildman–Crippen MR) is 68.9 cm³/mol. The highest BCUT2D eigenvalue weighted by atomic mass is 19.2. The van der Waals surface area contributed by atoms with E-state index in [0.29, 0.717) is 12.5 Å². The molecule has 3 nitrogen and oxygen atoms in total. The number of nitrogens with one attached hydrogen (secondary N) is 2. The average molecular weight is 268 g/mol. The number of carbonyl (C=O) groups is 1. The van der Waals surface area contributed by atoms with Gasteiger partial charge in [0.1, 0.15) is 0 Å². The standard InChI is InChI=1S/C14H18F2N2O/c15-12-3-1-2-11(13(12)16)14(19)18-9-6-10-4-7-17-8-5-10/h1-3,10,17H,4-9H2,(H,18,19). The molecule has 1 aliphatic rings. The van der Waals surface area contributed by atoms with Gasteiger partial charge in [-0.05, 0) is 50.4 Å². The Kier molecular flexibility index (Phi) is 4.85. The van der Waals surface area contributed by atoms with Crippen LogP contribution in [-0.4, -0.2) is 25.5 Å². The Bertz CT molecular complexity index is 445. The summed E-state index contributed by atoms with van der Waals surface area (Å²) < 4.78 is 26.4. The molecule has 1 fully saturated rings. The summed E-state index contributed by atoms with van der Waals surface area (Å²) in [5.41, 5.74) is -0.231. The van der Waals surface area contributed by atoms with Crippen LogP contribution in [0.15, 0.2) is 18.2 Å². The van der Waals surface area contributed by atoms with E-state index >= 15 is 0 Å². The molecule has 0 bridgehead atoms. The third-order valence-corrected chi connectivity index (χ3v) is 3.49. The van der Waals surface area contributed by atoms with E-state index < -0.39 is 17.5 Å². The highest BCUT2D eigenvalue weighted by molar-refractivity contribution is 5.94. The minimum absolute atomic E-state index is 0.231. The Hall–Kier alpha value is -1.49. The summed E-state index contributed by atoms with van der Waals surface area (Å²) in [6, 6.07) is 3.62. The van der Waals surface area contributed by atoms with Gasteiger partial charge in [-0.2, -0.15) is 0 Å². The molecule has 1 aliphatic heterocycles. The van der Waals surface area contributed by atoms with Crippen molar-refractivity contribution in [2.45, 2.75) is 19.3 Å². The maximum absolute atomic E-state index is 13.4. The van der Waals surface area contributed by atoms with Crippen molar-refractivity contribution in [2.75, 3.05) is 19.6 Å². The van der Waals surface area contributed by atoms with Gasteiger partial charge in [0.2, 0.25) is 0 Å². The van der Waals surface area contributed by atoms with Gasteiger partial charge < -0.3 is 10.6 Å². The first kappa shape index (κ1) is 13.9. The molecule has 0 unspecified atom stereocenters. The van der Waals surface area contributed by atoms with Crippen LogP contribution in [0.25, 0.3) is 0 Å². The second-order valence-corrected chi connectivity index (χ2v) is 4.84. The van der Waals surface area contributed by atoms with Crippen LogP contribution in [-0.2, 0) is 0 Å². The summed E-state index contributed by atoms with van der Waals surface area (Å²) >= 11 is 0. The number of carbonyl (C=O) groups excluding carboxylic acids is 1. The summed E-state index contributed by atoms with van der Waals surface area (Å²) in [5.74, 6) is -2.03. The Labute approximate surface area is 111 Å². The van der Waals surface area contributed by atoms with Gasteiger partial charge in [-0.3, -0.25) is 4.79 Å². The topological polar surface area (TPSA) is 41.1 Å².